The van der Waals surface area contributed by atoms with Crippen LogP contribution in [0.2, 0.25) is 0 Å². The van der Waals surface area contributed by atoms with Gasteiger partial charge in [0.1, 0.15) is 5.84 Å². The Morgan fingerprint density at radius 1 is 0.714 bits per heavy atom. The van der Waals surface area contributed by atoms with Crippen LogP contribution in [0.1, 0.15) is 15.9 Å². The molecule has 0 bridgehead atoms. The molecule has 2 heterocycles. The minimum Gasteiger partial charge on any atom is -0.268 e. The summed E-state index contributed by atoms with van der Waals surface area (Å²) in [6.45, 7) is 0. The molecule has 2 aliphatic heterocycles. The van der Waals surface area contributed by atoms with Gasteiger partial charge in [-0.1, -0.05) is 15.9 Å². The number of carbonyl (C=O) groups is 1. The molecule has 3 aromatic carbocycles. The second kappa shape index (κ2) is 6.97. The maximum atomic E-state index is 13.5. The highest BCUT2D eigenvalue weighted by Crippen LogP contribution is 2.52. The van der Waals surface area contributed by atoms with Crippen LogP contribution >= 0.6 is 112 Å². The molecule has 140 valence electrons. The van der Waals surface area contributed by atoms with Crippen molar-refractivity contribution < 1.29 is 4.79 Å². The molecule has 28 heavy (non-hydrogen) atoms. The Hall–Kier alpha value is 0.420. The molecule has 0 aliphatic carbocycles. The smallest absolute Gasteiger partial charge is 0.266 e. The third kappa shape index (κ3) is 2.58. The van der Waals surface area contributed by atoms with Crippen LogP contribution in [0.3, 0.4) is 0 Å². The van der Waals surface area contributed by atoms with Crippen LogP contribution in [-0.4, -0.2) is 11.7 Å². The number of halogens is 7. The highest BCUT2D eigenvalue weighted by Gasteiger charge is 2.43. The normalized spacial score (nSPS) is 14.5. The number of hydrogen-bond donors (Lipinski definition) is 0. The van der Waals surface area contributed by atoms with E-state index in [0.29, 0.717) is 15.9 Å². The van der Waals surface area contributed by atoms with Gasteiger partial charge in [-0.15, -0.1) is 0 Å². The monoisotopic (exact) mass is 815 g/mol. The van der Waals surface area contributed by atoms with Crippen LogP contribution in [0.5, 0.6) is 0 Å². The van der Waals surface area contributed by atoms with E-state index in [0.717, 1.165) is 54.5 Å². The highest BCUT2D eigenvalue weighted by atomic mass is 79.9. The van der Waals surface area contributed by atoms with Crippen molar-refractivity contribution in [3.8, 4) is 0 Å². The van der Waals surface area contributed by atoms with Gasteiger partial charge < -0.3 is 0 Å². The van der Waals surface area contributed by atoms with Crippen molar-refractivity contribution >= 4 is 145 Å². The molecule has 2 aliphatic rings. The van der Waals surface area contributed by atoms with Crippen molar-refractivity contribution in [2.45, 2.75) is 0 Å². The van der Waals surface area contributed by atoms with E-state index < -0.39 is 0 Å². The minimum absolute atomic E-state index is 0.129. The molecule has 1 amide bonds. The molecule has 3 aromatic rings. The Morgan fingerprint density at radius 2 is 1.36 bits per heavy atom. The fourth-order valence-electron chi connectivity index (χ4n) is 3.49. The van der Waals surface area contributed by atoms with E-state index >= 15 is 0 Å². The maximum absolute atomic E-state index is 13.5. The molecule has 0 unspecified atom stereocenters. The summed E-state index contributed by atoms with van der Waals surface area (Å²) in [6, 6.07) is 5.88. The largest absolute Gasteiger partial charge is 0.268 e. The van der Waals surface area contributed by atoms with Gasteiger partial charge in [-0.3, -0.25) is 9.69 Å². The van der Waals surface area contributed by atoms with E-state index in [1.807, 2.05) is 18.2 Å². The van der Waals surface area contributed by atoms with Crippen LogP contribution in [0.15, 0.2) is 54.5 Å². The van der Waals surface area contributed by atoms with E-state index in [1.165, 1.54) is 0 Å². The van der Waals surface area contributed by atoms with Gasteiger partial charge in [0.2, 0.25) is 0 Å². The number of amides is 1. The number of benzene rings is 3. The molecule has 0 aromatic heterocycles. The Bertz CT molecular complexity index is 1320. The Morgan fingerprint density at radius 3 is 2.04 bits per heavy atom. The van der Waals surface area contributed by atoms with Crippen molar-refractivity contribution in [2.24, 2.45) is 4.99 Å². The molecule has 5 rings (SSSR count). The maximum Gasteiger partial charge on any atom is 0.266 e. The number of hydrogen-bond acceptors (Lipinski definition) is 2. The summed E-state index contributed by atoms with van der Waals surface area (Å²) in [4.78, 5) is 20.1. The first kappa shape index (κ1) is 20.3. The molecule has 10 heteroatoms. The van der Waals surface area contributed by atoms with Crippen molar-refractivity contribution in [2.75, 3.05) is 4.90 Å². The van der Waals surface area contributed by atoms with Crippen LogP contribution in [0, 0.1) is 0 Å². The van der Waals surface area contributed by atoms with Gasteiger partial charge in [0.05, 0.1) is 16.9 Å². The Labute approximate surface area is 218 Å². The molecule has 0 atom stereocenters. The number of carbonyl (C=O) groups excluding carboxylic acids is 1. The zero-order valence-electron chi connectivity index (χ0n) is 13.2. The predicted octanol–water partition coefficient (Wildman–Crippen LogP) is 9.23. The molecule has 0 saturated carbocycles. The topological polar surface area (TPSA) is 32.7 Å². The quantitative estimate of drug-likeness (QED) is 0.165. The summed E-state index contributed by atoms with van der Waals surface area (Å²) in [5.74, 6) is 0.474. The number of anilines is 1. The van der Waals surface area contributed by atoms with Gasteiger partial charge in [0.25, 0.3) is 5.91 Å². The lowest BCUT2D eigenvalue weighted by molar-refractivity contribution is 0.101. The van der Waals surface area contributed by atoms with Crippen molar-refractivity contribution in [1.82, 2.24) is 0 Å². The standard InChI is InChI=1S/C18H3Br7N2O/c19-4-1-2-6-9-7(3-5(20)12(21)8(4)9)27-17(26-6)10-11(18(27)28)14(23)16(25)15(24)13(10)22/h1-3H. The summed E-state index contributed by atoms with van der Waals surface area (Å²) in [5, 5.41) is 1.88. The Kier molecular flexibility index (Phi) is 5.06. The summed E-state index contributed by atoms with van der Waals surface area (Å²) >= 11 is 25.2. The van der Waals surface area contributed by atoms with Crippen LogP contribution in [-0.2, 0) is 0 Å². The van der Waals surface area contributed by atoms with E-state index in [2.05, 4.69) is 112 Å². The van der Waals surface area contributed by atoms with Gasteiger partial charge in [-0.2, -0.15) is 0 Å². The SMILES string of the molecule is O=C1c2c(Br)c(Br)c(Br)c(Br)c2C2=Nc3ccc(Br)c4c(Br)c(Br)cc(c34)N12. The van der Waals surface area contributed by atoms with E-state index in [4.69, 9.17) is 4.99 Å². The van der Waals surface area contributed by atoms with E-state index in [-0.39, 0.29) is 5.91 Å². The molecule has 3 nitrogen and oxygen atoms in total. The molecule has 0 radical (unpaired) electrons. The third-order valence-electron chi connectivity index (χ3n) is 4.67. The summed E-state index contributed by atoms with van der Waals surface area (Å²) < 4.78 is 5.76. The predicted molar refractivity (Wildman–Crippen MR) is 137 cm³/mol. The summed E-state index contributed by atoms with van der Waals surface area (Å²) in [6.07, 6.45) is 0. The second-order valence-corrected chi connectivity index (χ2v) is 11.8. The van der Waals surface area contributed by atoms with Gasteiger partial charge in [0, 0.05) is 47.6 Å². The van der Waals surface area contributed by atoms with Crippen LogP contribution in [0.4, 0.5) is 11.4 Å². The first-order valence-corrected chi connectivity index (χ1v) is 13.2. The van der Waals surface area contributed by atoms with E-state index in [1.54, 1.807) is 4.90 Å². The van der Waals surface area contributed by atoms with Crippen LogP contribution < -0.4 is 4.90 Å². The van der Waals surface area contributed by atoms with Gasteiger partial charge in [-0.25, -0.2) is 4.99 Å². The number of fused-ring (bicyclic) bond motifs is 4. The van der Waals surface area contributed by atoms with Gasteiger partial charge >= 0.3 is 0 Å². The lowest BCUT2D eigenvalue weighted by atomic mass is 10.0. The first-order valence-electron chi connectivity index (χ1n) is 7.63. The molecule has 0 N–H and O–H groups in total. The third-order valence-corrected chi connectivity index (χ3v) is 12.1. The molecule has 0 saturated heterocycles. The number of rotatable bonds is 0. The fraction of sp³-hybridized carbons (Fsp3) is 0. The first-order chi connectivity index (χ1) is 13.2. The van der Waals surface area contributed by atoms with Gasteiger partial charge in [0.15, 0.2) is 0 Å². The second-order valence-electron chi connectivity index (χ2n) is 6.09. The fourth-order valence-corrected chi connectivity index (χ4v) is 7.69. The number of amidine groups is 1. The van der Waals surface area contributed by atoms with E-state index in [9.17, 15) is 4.79 Å². The lowest BCUT2D eigenvalue weighted by Gasteiger charge is -2.26. The number of nitrogens with zero attached hydrogens (tertiary/aromatic N) is 2. The van der Waals surface area contributed by atoms with Crippen molar-refractivity contribution in [3.05, 3.63) is 60.6 Å². The lowest BCUT2D eigenvalue weighted by Crippen LogP contribution is -2.32. The summed E-state index contributed by atoms with van der Waals surface area (Å²) in [7, 11) is 0. The molecular formula is C18H3Br7N2O. The average Bonchev–Trinajstić information content (AvgIpc) is 2.96. The number of aliphatic imine (C=N–C) groups is 1. The zero-order valence-corrected chi connectivity index (χ0v) is 24.3. The summed E-state index contributed by atoms with van der Waals surface area (Å²) in [5.41, 5.74) is 2.93. The van der Waals surface area contributed by atoms with Crippen molar-refractivity contribution in [1.29, 1.82) is 0 Å². The van der Waals surface area contributed by atoms with Crippen LogP contribution in [0.25, 0.3) is 10.8 Å². The molecule has 0 spiro atoms. The highest BCUT2D eigenvalue weighted by molar-refractivity contribution is 9.15. The molecule has 0 fully saturated rings. The van der Waals surface area contributed by atoms with Gasteiger partial charge in [-0.05, 0) is 114 Å². The molecular weight excluding hydrogens is 820 g/mol. The zero-order chi connectivity index (χ0) is 20.1. The average molecular weight is 823 g/mol. The van der Waals surface area contributed by atoms with Crippen molar-refractivity contribution in [3.63, 3.8) is 0 Å². The Balaban J connectivity index is 1.95. The minimum atomic E-state index is -0.129.